The molecule has 0 N–H and O–H groups in total. The fourth-order valence-electron chi connectivity index (χ4n) is 2.79. The van der Waals surface area contributed by atoms with Gasteiger partial charge in [0.25, 0.3) is 0 Å². The first kappa shape index (κ1) is 11.5. The van der Waals surface area contributed by atoms with Gasteiger partial charge < -0.3 is 4.74 Å². The highest BCUT2D eigenvalue weighted by Crippen LogP contribution is 2.29. The Balaban J connectivity index is 1.77. The van der Waals surface area contributed by atoms with Crippen LogP contribution >= 0.6 is 0 Å². The topological polar surface area (TPSA) is 59.0 Å². The van der Waals surface area contributed by atoms with Crippen molar-refractivity contribution in [2.24, 2.45) is 5.18 Å². The second-order valence-corrected chi connectivity index (χ2v) is 4.88. The molecule has 2 aliphatic heterocycles. The number of nitrogens with zero attached hydrogens (tertiary/aromatic N) is 2. The van der Waals surface area contributed by atoms with Gasteiger partial charge in [-0.1, -0.05) is 6.07 Å². The first-order valence-electron chi connectivity index (χ1n) is 6.07. The Morgan fingerprint density at radius 2 is 2.39 bits per heavy atom. The zero-order valence-electron chi connectivity index (χ0n) is 9.91. The van der Waals surface area contributed by atoms with Gasteiger partial charge in [-0.05, 0) is 29.3 Å². The second-order valence-electron chi connectivity index (χ2n) is 4.88. The molecule has 0 radical (unpaired) electrons. The second kappa shape index (κ2) is 4.59. The molecule has 0 spiro atoms. The molecule has 2 fully saturated rings. The molecule has 0 unspecified atom stereocenters. The Hall–Kier alpha value is -1.59. The molecule has 2 atom stereocenters. The van der Waals surface area contributed by atoms with Crippen molar-refractivity contribution in [3.63, 3.8) is 0 Å². The molecule has 0 amide bonds. The van der Waals surface area contributed by atoms with Crippen LogP contribution in [0.1, 0.15) is 22.3 Å². The molecule has 1 aromatic carbocycles. The number of carbonyl (C=O) groups excluding carboxylic acids is 1. The number of likely N-dealkylation sites (tertiary alicyclic amines) is 1. The van der Waals surface area contributed by atoms with Gasteiger partial charge in [0.1, 0.15) is 5.69 Å². The molecule has 5 heteroatoms. The monoisotopic (exact) mass is 246 g/mol. The van der Waals surface area contributed by atoms with Crippen molar-refractivity contribution in [3.05, 3.63) is 34.2 Å². The third-order valence-electron chi connectivity index (χ3n) is 3.72. The Labute approximate surface area is 105 Å². The lowest BCUT2D eigenvalue weighted by atomic mass is 10.1. The lowest BCUT2D eigenvalue weighted by Gasteiger charge is -2.26. The van der Waals surface area contributed by atoms with E-state index in [1.165, 1.54) is 0 Å². The molecule has 2 bridgehead atoms. The van der Waals surface area contributed by atoms with Crippen LogP contribution in [0.5, 0.6) is 0 Å². The van der Waals surface area contributed by atoms with Gasteiger partial charge in [0.2, 0.25) is 0 Å². The van der Waals surface area contributed by atoms with Crippen LogP contribution < -0.4 is 0 Å². The molecule has 0 aromatic heterocycles. The highest BCUT2D eigenvalue weighted by atomic mass is 16.5. The number of aldehydes is 1. The average molecular weight is 246 g/mol. The number of nitroso groups, excluding NO2 is 1. The number of hydrogen-bond donors (Lipinski definition) is 0. The molecule has 1 aromatic rings. The highest BCUT2D eigenvalue weighted by Gasteiger charge is 2.38. The predicted octanol–water partition coefficient (Wildman–Crippen LogP) is 1.87. The largest absolute Gasteiger partial charge is 0.375 e. The molecule has 94 valence electrons. The average Bonchev–Trinajstić information content (AvgIpc) is 3.01. The van der Waals surface area contributed by atoms with Gasteiger partial charge >= 0.3 is 0 Å². The van der Waals surface area contributed by atoms with Crippen LogP contribution in [-0.4, -0.2) is 36.5 Å². The van der Waals surface area contributed by atoms with Crippen molar-refractivity contribution in [1.82, 2.24) is 4.90 Å². The summed E-state index contributed by atoms with van der Waals surface area (Å²) < 4.78 is 5.55. The van der Waals surface area contributed by atoms with Gasteiger partial charge in [0, 0.05) is 24.7 Å². The van der Waals surface area contributed by atoms with E-state index in [4.69, 9.17) is 4.74 Å². The maximum atomic E-state index is 10.9. The summed E-state index contributed by atoms with van der Waals surface area (Å²) in [5.41, 5.74) is 1.61. The van der Waals surface area contributed by atoms with Gasteiger partial charge in [-0.2, -0.15) is 0 Å². The number of ether oxygens (including phenoxy) is 1. The third-order valence-corrected chi connectivity index (χ3v) is 3.72. The summed E-state index contributed by atoms with van der Waals surface area (Å²) in [7, 11) is 0. The van der Waals surface area contributed by atoms with Gasteiger partial charge in [-0.15, -0.1) is 4.91 Å². The maximum Gasteiger partial charge on any atom is 0.152 e. The van der Waals surface area contributed by atoms with Crippen molar-refractivity contribution in [1.29, 1.82) is 0 Å². The van der Waals surface area contributed by atoms with E-state index >= 15 is 0 Å². The Bertz CT molecular complexity index is 489. The number of fused-ring (bicyclic) bond motifs is 2. The lowest BCUT2D eigenvalue weighted by Crippen LogP contribution is -2.36. The summed E-state index contributed by atoms with van der Waals surface area (Å²) in [5, 5.41) is 2.84. The van der Waals surface area contributed by atoms with Crippen LogP contribution in [0.4, 0.5) is 5.69 Å². The number of benzene rings is 1. The molecule has 2 heterocycles. The van der Waals surface area contributed by atoms with Crippen molar-refractivity contribution in [2.45, 2.75) is 25.1 Å². The number of rotatable bonds is 4. The third kappa shape index (κ3) is 1.95. The fourth-order valence-corrected chi connectivity index (χ4v) is 2.79. The maximum absolute atomic E-state index is 10.9. The zero-order chi connectivity index (χ0) is 12.5. The first-order valence-corrected chi connectivity index (χ1v) is 6.07. The van der Waals surface area contributed by atoms with Crippen molar-refractivity contribution < 1.29 is 9.53 Å². The number of hydrogen-bond acceptors (Lipinski definition) is 5. The molecule has 2 saturated heterocycles. The normalized spacial score (nSPS) is 26.4. The van der Waals surface area contributed by atoms with Crippen LogP contribution in [0.3, 0.4) is 0 Å². The molecule has 0 saturated carbocycles. The van der Waals surface area contributed by atoms with E-state index in [0.29, 0.717) is 24.0 Å². The van der Waals surface area contributed by atoms with Crippen molar-refractivity contribution in [3.8, 4) is 0 Å². The van der Waals surface area contributed by atoms with Crippen LogP contribution in [0.15, 0.2) is 23.4 Å². The minimum Gasteiger partial charge on any atom is -0.375 e. The van der Waals surface area contributed by atoms with Gasteiger partial charge in [0.05, 0.1) is 12.7 Å². The summed E-state index contributed by atoms with van der Waals surface area (Å²) in [4.78, 5) is 23.7. The van der Waals surface area contributed by atoms with E-state index in [1.807, 2.05) is 6.07 Å². The van der Waals surface area contributed by atoms with E-state index < -0.39 is 0 Å². The zero-order valence-corrected chi connectivity index (χ0v) is 9.91. The van der Waals surface area contributed by atoms with Gasteiger partial charge in [-0.25, -0.2) is 0 Å². The number of carbonyl (C=O) groups is 1. The van der Waals surface area contributed by atoms with Crippen LogP contribution in [-0.2, 0) is 11.3 Å². The SMILES string of the molecule is O=Cc1cc(CN2C[C@@H]3C[C@H]2CO3)ccc1N=O. The van der Waals surface area contributed by atoms with Crippen molar-refractivity contribution in [2.75, 3.05) is 13.2 Å². The smallest absolute Gasteiger partial charge is 0.152 e. The van der Waals surface area contributed by atoms with Crippen LogP contribution in [0, 0.1) is 4.91 Å². The molecular weight excluding hydrogens is 232 g/mol. The lowest BCUT2D eigenvalue weighted by molar-refractivity contribution is 0.0273. The van der Waals surface area contributed by atoms with Gasteiger partial charge in [-0.3, -0.25) is 9.69 Å². The summed E-state index contributed by atoms with van der Waals surface area (Å²) in [6.45, 7) is 2.55. The van der Waals surface area contributed by atoms with E-state index in [1.54, 1.807) is 12.1 Å². The quantitative estimate of drug-likeness (QED) is 0.601. The Morgan fingerprint density at radius 1 is 1.50 bits per heavy atom. The minimum atomic E-state index is 0.208. The molecular formula is C13H14N2O3. The molecule has 5 nitrogen and oxygen atoms in total. The van der Waals surface area contributed by atoms with E-state index in [9.17, 15) is 9.70 Å². The van der Waals surface area contributed by atoms with Crippen molar-refractivity contribution >= 4 is 12.0 Å². The van der Waals surface area contributed by atoms with Gasteiger partial charge in [0.15, 0.2) is 6.29 Å². The van der Waals surface area contributed by atoms with E-state index in [-0.39, 0.29) is 5.69 Å². The Morgan fingerprint density at radius 3 is 3.00 bits per heavy atom. The molecule has 18 heavy (non-hydrogen) atoms. The van der Waals surface area contributed by atoms with Crippen LogP contribution in [0.2, 0.25) is 0 Å². The molecule has 2 aliphatic rings. The summed E-state index contributed by atoms with van der Waals surface area (Å²) in [6.07, 6.45) is 2.16. The molecule has 3 rings (SSSR count). The first-order chi connectivity index (χ1) is 8.80. The highest BCUT2D eigenvalue weighted by molar-refractivity contribution is 5.83. The summed E-state index contributed by atoms with van der Waals surface area (Å²) >= 11 is 0. The Kier molecular flexibility index (Phi) is 2.93. The van der Waals surface area contributed by atoms with E-state index in [0.717, 1.165) is 31.7 Å². The van der Waals surface area contributed by atoms with Crippen LogP contribution in [0.25, 0.3) is 0 Å². The summed E-state index contributed by atoms with van der Waals surface area (Å²) in [6, 6.07) is 5.71. The predicted molar refractivity (Wildman–Crippen MR) is 65.8 cm³/mol. The van der Waals surface area contributed by atoms with E-state index in [2.05, 4.69) is 10.1 Å². The minimum absolute atomic E-state index is 0.208. The summed E-state index contributed by atoms with van der Waals surface area (Å²) in [5.74, 6) is 0. The number of morpholine rings is 1. The fraction of sp³-hybridized carbons (Fsp3) is 0.462. The molecule has 0 aliphatic carbocycles. The standard InChI is InChI=1S/C13H14N2O3/c16-7-10-3-9(1-2-13(10)14-17)5-15-6-12-4-11(15)8-18-12/h1-3,7,11-12H,4-6,8H2/t11-,12-/m0/s1.